The first-order valence-corrected chi connectivity index (χ1v) is 3.22. The van der Waals surface area contributed by atoms with Gasteiger partial charge >= 0.3 is 0 Å². The molecule has 10 heavy (non-hydrogen) atoms. The van der Waals surface area contributed by atoms with Crippen LogP contribution in [0.2, 0.25) is 0 Å². The summed E-state index contributed by atoms with van der Waals surface area (Å²) in [6.07, 6.45) is 0. The minimum absolute atomic E-state index is 0. The summed E-state index contributed by atoms with van der Waals surface area (Å²) in [4.78, 5) is 0. The predicted octanol–water partition coefficient (Wildman–Crippen LogP) is 2.36. The van der Waals surface area contributed by atoms with E-state index < -0.39 is 0 Å². The molecule has 1 nitrogen and oxygen atoms in total. The Morgan fingerprint density at radius 1 is 1.30 bits per heavy atom. The number of rotatable bonds is 2. The Balaban J connectivity index is 0. The first kappa shape index (κ1) is 10.1. The molecule has 54 valence electrons. The molecule has 2 heteroatoms. The summed E-state index contributed by atoms with van der Waals surface area (Å²) in [7, 11) is 0. The predicted molar refractivity (Wildman–Crippen MR) is 42.7 cm³/mol. The van der Waals surface area contributed by atoms with Crippen LogP contribution in [0.3, 0.4) is 0 Å². The van der Waals surface area contributed by atoms with Crippen molar-refractivity contribution in [3.05, 3.63) is 30.3 Å². The van der Waals surface area contributed by atoms with E-state index in [-0.39, 0.29) is 32.5 Å². The Hall–Kier alpha value is 0.0719. The normalized spacial score (nSPS) is 8.10. The summed E-state index contributed by atoms with van der Waals surface area (Å²) in [6, 6.07) is 10.2. The van der Waals surface area contributed by atoms with E-state index in [2.05, 4.69) is 24.4 Å². The van der Waals surface area contributed by atoms with Crippen LogP contribution < -0.4 is 5.32 Å². The second-order valence-corrected chi connectivity index (χ2v) is 1.90. The molecule has 0 saturated carbocycles. The van der Waals surface area contributed by atoms with Crippen LogP contribution in [0, 0.1) is 31.1 Å². The molecule has 0 aliphatic rings. The Morgan fingerprint density at radius 2 is 1.90 bits per heavy atom. The van der Waals surface area contributed by atoms with Crippen molar-refractivity contribution in [3.63, 3.8) is 0 Å². The Bertz CT molecular complexity index is 167. The molecule has 0 bridgehead atoms. The molecule has 0 aromatic heterocycles. The van der Waals surface area contributed by atoms with Gasteiger partial charge in [0.25, 0.3) is 0 Å². The van der Waals surface area contributed by atoms with Gasteiger partial charge in [-0.15, -0.1) is 0 Å². The van der Waals surface area contributed by atoms with Crippen LogP contribution in [0.1, 0.15) is 8.35 Å². The second kappa shape index (κ2) is 5.83. The van der Waals surface area contributed by atoms with Crippen LogP contribution in [0.5, 0.6) is 0 Å². The number of hydrogen-bond acceptors (Lipinski definition) is 1. The molecule has 0 fully saturated rings. The van der Waals surface area contributed by atoms with Crippen LogP contribution in [-0.4, -0.2) is 6.54 Å². The fourth-order valence-corrected chi connectivity index (χ4v) is 0.760. The third-order valence-electron chi connectivity index (χ3n) is 1.15. The Labute approximate surface area is 87.1 Å². The van der Waals surface area contributed by atoms with Gasteiger partial charge in [-0.2, -0.15) is 0 Å². The van der Waals surface area contributed by atoms with E-state index in [1.165, 1.54) is 5.69 Å². The van der Waals surface area contributed by atoms with Gasteiger partial charge in [-0.25, -0.2) is 0 Å². The molecule has 1 aromatic rings. The summed E-state index contributed by atoms with van der Waals surface area (Å²) < 4.78 is 0. The van der Waals surface area contributed by atoms with Crippen molar-refractivity contribution in [3.8, 4) is 0 Å². The first-order chi connectivity index (χ1) is 4.43. The van der Waals surface area contributed by atoms with Gasteiger partial charge in [0.05, 0.1) is 0 Å². The molecule has 0 atom stereocenters. The topological polar surface area (TPSA) is 12.0 Å². The average molecular weight is 361 g/mol. The van der Waals surface area contributed by atoms with Gasteiger partial charge in [0, 0.05) is 44.8 Å². The summed E-state index contributed by atoms with van der Waals surface area (Å²) in [6.45, 7) is 3.08. The molecule has 0 heterocycles. The number of benzene rings is 1. The minimum atomic E-state index is 0. The van der Waals surface area contributed by atoms with Gasteiger partial charge < -0.3 is 5.32 Å². The average Bonchev–Trinajstić information content (AvgIpc) is 1.91. The van der Waals surface area contributed by atoms with Crippen molar-refractivity contribution < 1.29 is 32.5 Å². The van der Waals surface area contributed by atoms with Crippen LogP contribution >= 0.6 is 0 Å². The van der Waals surface area contributed by atoms with Crippen LogP contribution in [0.15, 0.2) is 30.3 Å². The third kappa shape index (κ3) is 3.29. The SMILES string of the molecule is CCNc1ccccc1.[HH].[U]. The summed E-state index contributed by atoms with van der Waals surface area (Å²) in [5.74, 6) is 0. The van der Waals surface area contributed by atoms with E-state index in [4.69, 9.17) is 0 Å². The monoisotopic (exact) mass is 361 g/mol. The van der Waals surface area contributed by atoms with Crippen molar-refractivity contribution in [2.45, 2.75) is 6.92 Å². The number of nitrogens with one attached hydrogen (secondary N) is 1. The molecule has 0 unspecified atom stereocenters. The zero-order valence-corrected chi connectivity index (χ0v) is 10.3. The van der Waals surface area contributed by atoms with Gasteiger partial charge in [0.1, 0.15) is 0 Å². The molecule has 0 aliphatic heterocycles. The molecular weight excluding hydrogens is 348 g/mol. The third-order valence-corrected chi connectivity index (χ3v) is 1.15. The minimum Gasteiger partial charge on any atom is -0.385 e. The Morgan fingerprint density at radius 3 is 2.40 bits per heavy atom. The Kier molecular flexibility index (Phi) is 5.87. The number of anilines is 1. The van der Waals surface area contributed by atoms with Crippen molar-refractivity contribution in [2.75, 3.05) is 11.9 Å². The van der Waals surface area contributed by atoms with Gasteiger partial charge in [0.15, 0.2) is 0 Å². The fraction of sp³-hybridized carbons (Fsp3) is 0.250. The molecule has 0 saturated heterocycles. The van der Waals surface area contributed by atoms with E-state index >= 15 is 0 Å². The quantitative estimate of drug-likeness (QED) is 0.853. The fourth-order valence-electron chi connectivity index (χ4n) is 0.760. The van der Waals surface area contributed by atoms with Gasteiger partial charge in [-0.3, -0.25) is 0 Å². The second-order valence-electron chi connectivity index (χ2n) is 1.90. The zero-order valence-electron chi connectivity index (χ0n) is 6.09. The van der Waals surface area contributed by atoms with E-state index in [0.717, 1.165) is 6.54 Å². The van der Waals surface area contributed by atoms with E-state index in [1.807, 2.05) is 18.2 Å². The zero-order chi connectivity index (χ0) is 6.53. The summed E-state index contributed by atoms with van der Waals surface area (Å²) in [5, 5.41) is 3.21. The van der Waals surface area contributed by atoms with Crippen molar-refractivity contribution in [1.29, 1.82) is 0 Å². The summed E-state index contributed by atoms with van der Waals surface area (Å²) in [5.41, 5.74) is 1.19. The maximum atomic E-state index is 3.21. The molecule has 1 aromatic carbocycles. The largest absolute Gasteiger partial charge is 0.385 e. The van der Waals surface area contributed by atoms with Crippen molar-refractivity contribution in [1.82, 2.24) is 0 Å². The first-order valence-electron chi connectivity index (χ1n) is 3.22. The standard InChI is InChI=1S/C8H11N.U.H2/c1-2-9-8-6-4-3-5-7-8;;/h3-7,9H,2H2,1H3;;1H. The maximum absolute atomic E-state index is 3.21. The molecular formula is C8H13NU. The molecule has 1 N–H and O–H groups in total. The van der Waals surface area contributed by atoms with Crippen LogP contribution in [0.25, 0.3) is 0 Å². The van der Waals surface area contributed by atoms with Crippen LogP contribution in [0.4, 0.5) is 5.69 Å². The molecule has 0 radical (unpaired) electrons. The van der Waals surface area contributed by atoms with Gasteiger partial charge in [-0.1, -0.05) is 18.2 Å². The molecule has 0 aliphatic carbocycles. The molecule has 1 rings (SSSR count). The van der Waals surface area contributed by atoms with E-state index in [9.17, 15) is 0 Å². The number of hydrogen-bond donors (Lipinski definition) is 1. The summed E-state index contributed by atoms with van der Waals surface area (Å²) >= 11 is 0. The number of para-hydroxylation sites is 1. The molecule has 0 amide bonds. The van der Waals surface area contributed by atoms with Gasteiger partial charge in [0.2, 0.25) is 0 Å². The van der Waals surface area contributed by atoms with E-state index in [1.54, 1.807) is 0 Å². The van der Waals surface area contributed by atoms with Crippen molar-refractivity contribution in [2.24, 2.45) is 0 Å². The van der Waals surface area contributed by atoms with E-state index in [0.29, 0.717) is 0 Å². The van der Waals surface area contributed by atoms with Crippen LogP contribution in [-0.2, 0) is 0 Å². The van der Waals surface area contributed by atoms with Gasteiger partial charge in [-0.05, 0) is 19.1 Å². The maximum Gasteiger partial charge on any atom is 0.0340 e. The molecule has 0 spiro atoms. The smallest absolute Gasteiger partial charge is 0.0340 e. The van der Waals surface area contributed by atoms with Crippen molar-refractivity contribution >= 4 is 5.69 Å².